The number of carbonyl (C=O) groups is 2. The van der Waals surface area contributed by atoms with Crippen molar-refractivity contribution in [3.63, 3.8) is 0 Å². The number of methoxy groups -OCH3 is 1. The number of aryl methyl sites for hydroxylation is 1. The van der Waals surface area contributed by atoms with Crippen LogP contribution in [-0.2, 0) is 27.2 Å². The standard InChI is InChI=1S/C18H24O5/c1-10-7-16(23-9-17(19)22-4)12(3)15-8-13(5-6-14(10)15)11(2)18(20)21/h7,11,13H,5-6,8-9H2,1-4H3,(H,20,21)/t11-,13+/m0/s1. The van der Waals surface area contributed by atoms with Crippen LogP contribution in [-0.4, -0.2) is 30.8 Å². The molecular weight excluding hydrogens is 296 g/mol. The van der Waals surface area contributed by atoms with Crippen molar-refractivity contribution in [2.75, 3.05) is 13.7 Å². The molecule has 0 unspecified atom stereocenters. The summed E-state index contributed by atoms with van der Waals surface area (Å²) in [6.45, 7) is 5.66. The lowest BCUT2D eigenvalue weighted by Crippen LogP contribution is -2.27. The van der Waals surface area contributed by atoms with Gasteiger partial charge in [0.2, 0.25) is 0 Å². The number of fused-ring (bicyclic) bond motifs is 1. The minimum absolute atomic E-state index is 0.121. The Hall–Kier alpha value is -2.04. The molecule has 126 valence electrons. The first kappa shape index (κ1) is 17.3. The molecule has 0 bridgehead atoms. The Morgan fingerprint density at radius 2 is 2.04 bits per heavy atom. The van der Waals surface area contributed by atoms with E-state index in [2.05, 4.69) is 4.74 Å². The Labute approximate surface area is 136 Å². The molecule has 5 nitrogen and oxygen atoms in total. The highest BCUT2D eigenvalue weighted by Gasteiger charge is 2.30. The van der Waals surface area contributed by atoms with Crippen LogP contribution in [0.2, 0.25) is 0 Å². The van der Waals surface area contributed by atoms with Crippen LogP contribution in [0, 0.1) is 25.7 Å². The van der Waals surface area contributed by atoms with Gasteiger partial charge in [-0.2, -0.15) is 0 Å². The molecule has 1 aliphatic carbocycles. The van der Waals surface area contributed by atoms with Crippen LogP contribution in [0.15, 0.2) is 6.07 Å². The lowest BCUT2D eigenvalue weighted by atomic mass is 9.75. The van der Waals surface area contributed by atoms with Crippen molar-refractivity contribution in [1.29, 1.82) is 0 Å². The second-order valence-electron chi connectivity index (χ2n) is 6.27. The molecule has 0 fully saturated rings. The van der Waals surface area contributed by atoms with Crippen molar-refractivity contribution in [2.24, 2.45) is 11.8 Å². The summed E-state index contributed by atoms with van der Waals surface area (Å²) in [5.41, 5.74) is 4.60. The van der Waals surface area contributed by atoms with E-state index in [0.717, 1.165) is 30.4 Å². The number of carbonyl (C=O) groups excluding carboxylic acids is 1. The third-order valence-electron chi connectivity index (χ3n) is 4.91. The monoisotopic (exact) mass is 320 g/mol. The second-order valence-corrected chi connectivity index (χ2v) is 6.27. The quantitative estimate of drug-likeness (QED) is 0.845. The van der Waals surface area contributed by atoms with Crippen LogP contribution in [0.4, 0.5) is 0 Å². The van der Waals surface area contributed by atoms with Gasteiger partial charge in [0.15, 0.2) is 6.61 Å². The van der Waals surface area contributed by atoms with E-state index in [1.165, 1.54) is 18.2 Å². The average molecular weight is 320 g/mol. The van der Waals surface area contributed by atoms with Gasteiger partial charge in [-0.15, -0.1) is 0 Å². The van der Waals surface area contributed by atoms with Gasteiger partial charge in [0.1, 0.15) is 5.75 Å². The zero-order valence-electron chi connectivity index (χ0n) is 14.1. The molecule has 0 saturated heterocycles. The molecule has 2 rings (SSSR count). The predicted octanol–water partition coefficient (Wildman–Crippen LogP) is 2.68. The van der Waals surface area contributed by atoms with Crippen LogP contribution in [0.1, 0.15) is 35.6 Å². The molecular formula is C18H24O5. The van der Waals surface area contributed by atoms with Crippen molar-refractivity contribution in [2.45, 2.75) is 40.0 Å². The van der Waals surface area contributed by atoms with E-state index in [1.54, 1.807) is 6.92 Å². The molecule has 0 spiro atoms. The SMILES string of the molecule is COC(=O)COc1cc(C)c2c(c1C)C[C@H]([C@H](C)C(=O)O)CC2. The third-order valence-corrected chi connectivity index (χ3v) is 4.91. The van der Waals surface area contributed by atoms with E-state index in [1.807, 2.05) is 19.9 Å². The summed E-state index contributed by atoms with van der Waals surface area (Å²) in [5.74, 6) is -0.713. The van der Waals surface area contributed by atoms with Crippen molar-refractivity contribution < 1.29 is 24.2 Å². The Bertz CT molecular complexity index is 620. The first-order valence-corrected chi connectivity index (χ1v) is 7.89. The number of carboxylic acids is 1. The second kappa shape index (κ2) is 7.02. The van der Waals surface area contributed by atoms with Gasteiger partial charge in [0.05, 0.1) is 13.0 Å². The highest BCUT2D eigenvalue weighted by Crippen LogP contribution is 2.37. The molecule has 2 atom stereocenters. The molecule has 5 heteroatoms. The Balaban J connectivity index is 2.28. The van der Waals surface area contributed by atoms with Crippen molar-refractivity contribution in [3.8, 4) is 5.75 Å². The van der Waals surface area contributed by atoms with Gasteiger partial charge in [-0.1, -0.05) is 6.92 Å². The minimum Gasteiger partial charge on any atom is -0.482 e. The van der Waals surface area contributed by atoms with Crippen molar-refractivity contribution in [3.05, 3.63) is 28.3 Å². The predicted molar refractivity (Wildman–Crippen MR) is 85.7 cm³/mol. The maximum atomic E-state index is 11.3. The maximum Gasteiger partial charge on any atom is 0.343 e. The fourth-order valence-corrected chi connectivity index (χ4v) is 3.30. The van der Waals surface area contributed by atoms with E-state index < -0.39 is 11.9 Å². The van der Waals surface area contributed by atoms with Crippen LogP contribution in [0.3, 0.4) is 0 Å². The van der Waals surface area contributed by atoms with Crippen molar-refractivity contribution >= 4 is 11.9 Å². The number of aliphatic carboxylic acids is 1. The zero-order chi connectivity index (χ0) is 17.1. The molecule has 0 amide bonds. The lowest BCUT2D eigenvalue weighted by Gasteiger charge is -2.30. The molecule has 23 heavy (non-hydrogen) atoms. The number of hydrogen-bond acceptors (Lipinski definition) is 4. The molecule has 1 N–H and O–H groups in total. The molecule has 1 aromatic carbocycles. The first-order chi connectivity index (χ1) is 10.8. The normalized spacial score (nSPS) is 18.0. The Morgan fingerprint density at radius 3 is 2.65 bits per heavy atom. The number of benzene rings is 1. The van der Waals surface area contributed by atoms with Gasteiger partial charge in [-0.05, 0) is 67.3 Å². The van der Waals surface area contributed by atoms with Gasteiger partial charge < -0.3 is 14.6 Å². The molecule has 0 radical (unpaired) electrons. The summed E-state index contributed by atoms with van der Waals surface area (Å²) in [6.07, 6.45) is 2.52. The topological polar surface area (TPSA) is 72.8 Å². The zero-order valence-corrected chi connectivity index (χ0v) is 14.1. The van der Waals surface area contributed by atoms with E-state index in [-0.39, 0.29) is 18.4 Å². The molecule has 0 saturated carbocycles. The molecule has 1 aliphatic rings. The Kier molecular flexibility index (Phi) is 5.29. The summed E-state index contributed by atoms with van der Waals surface area (Å²) in [6, 6.07) is 1.96. The van der Waals surface area contributed by atoms with E-state index >= 15 is 0 Å². The molecule has 1 aromatic rings. The van der Waals surface area contributed by atoms with Gasteiger partial charge in [0.25, 0.3) is 0 Å². The van der Waals surface area contributed by atoms with Crippen LogP contribution < -0.4 is 4.74 Å². The molecule has 0 aliphatic heterocycles. The minimum atomic E-state index is -0.745. The maximum absolute atomic E-state index is 11.3. The summed E-state index contributed by atoms with van der Waals surface area (Å²) >= 11 is 0. The smallest absolute Gasteiger partial charge is 0.343 e. The van der Waals surface area contributed by atoms with E-state index in [0.29, 0.717) is 5.75 Å². The van der Waals surface area contributed by atoms with Gasteiger partial charge in [-0.25, -0.2) is 4.79 Å². The van der Waals surface area contributed by atoms with Crippen LogP contribution in [0.5, 0.6) is 5.75 Å². The average Bonchev–Trinajstić information content (AvgIpc) is 2.55. The third kappa shape index (κ3) is 3.66. The van der Waals surface area contributed by atoms with Crippen molar-refractivity contribution in [1.82, 2.24) is 0 Å². The molecule has 0 aromatic heterocycles. The fourth-order valence-electron chi connectivity index (χ4n) is 3.30. The number of esters is 1. The number of carboxylic acid groups (broad SMARTS) is 1. The van der Waals surface area contributed by atoms with E-state index in [9.17, 15) is 14.7 Å². The number of ether oxygens (including phenoxy) is 2. The first-order valence-electron chi connectivity index (χ1n) is 7.89. The van der Waals surface area contributed by atoms with Gasteiger partial charge in [-0.3, -0.25) is 4.79 Å². The van der Waals surface area contributed by atoms with Crippen LogP contribution in [0.25, 0.3) is 0 Å². The number of hydrogen-bond donors (Lipinski definition) is 1. The Morgan fingerprint density at radius 1 is 1.35 bits per heavy atom. The summed E-state index contributed by atoms with van der Waals surface area (Å²) in [5, 5.41) is 9.26. The fraction of sp³-hybridized carbons (Fsp3) is 0.556. The highest BCUT2D eigenvalue weighted by molar-refractivity contribution is 5.71. The molecule has 0 heterocycles. The summed E-state index contributed by atoms with van der Waals surface area (Å²) in [4.78, 5) is 22.5. The number of rotatable bonds is 5. The highest BCUT2D eigenvalue weighted by atomic mass is 16.6. The van der Waals surface area contributed by atoms with E-state index in [4.69, 9.17) is 4.74 Å². The van der Waals surface area contributed by atoms with Crippen LogP contribution >= 0.6 is 0 Å². The van der Waals surface area contributed by atoms with Gasteiger partial charge >= 0.3 is 11.9 Å². The lowest BCUT2D eigenvalue weighted by molar-refractivity contribution is -0.144. The largest absolute Gasteiger partial charge is 0.482 e. The summed E-state index contributed by atoms with van der Waals surface area (Å²) in [7, 11) is 1.33. The van der Waals surface area contributed by atoms with Gasteiger partial charge in [0, 0.05) is 0 Å². The summed E-state index contributed by atoms with van der Waals surface area (Å²) < 4.78 is 10.2.